The number of ether oxygens (including phenoxy) is 1. The third-order valence-corrected chi connectivity index (χ3v) is 4.21. The highest BCUT2D eigenvalue weighted by Crippen LogP contribution is 2.22. The van der Waals surface area contributed by atoms with Crippen LogP contribution in [0, 0.1) is 0 Å². The summed E-state index contributed by atoms with van der Waals surface area (Å²) in [4.78, 5) is 32.8. The molecule has 1 aliphatic rings. The molecule has 2 atom stereocenters. The molecule has 122 valence electrons. The van der Waals surface area contributed by atoms with Gasteiger partial charge in [-0.1, -0.05) is 0 Å². The number of carbonyl (C=O) groups is 2. The minimum atomic E-state index is -0.522. The molecule has 7 heteroatoms. The Labute approximate surface area is 135 Å². The van der Waals surface area contributed by atoms with Gasteiger partial charge in [0, 0.05) is 13.1 Å². The van der Waals surface area contributed by atoms with E-state index >= 15 is 0 Å². The lowest BCUT2D eigenvalue weighted by molar-refractivity contribution is -0.0129. The van der Waals surface area contributed by atoms with Crippen molar-refractivity contribution in [3.63, 3.8) is 0 Å². The zero-order chi connectivity index (χ0) is 16.5. The van der Waals surface area contributed by atoms with Gasteiger partial charge in [-0.2, -0.15) is 0 Å². The fourth-order valence-corrected chi connectivity index (χ4v) is 3.23. The maximum absolute atomic E-state index is 12.4. The van der Waals surface area contributed by atoms with E-state index in [1.807, 2.05) is 34.6 Å². The predicted octanol–water partition coefficient (Wildman–Crippen LogP) is 2.61. The van der Waals surface area contributed by atoms with Gasteiger partial charge < -0.3 is 9.64 Å². The van der Waals surface area contributed by atoms with Crippen molar-refractivity contribution in [2.45, 2.75) is 52.3 Å². The molecular weight excluding hydrogens is 302 g/mol. The second-order valence-electron chi connectivity index (χ2n) is 6.66. The third-order valence-electron chi connectivity index (χ3n) is 3.45. The molecule has 0 radical (unpaired) electrons. The van der Waals surface area contributed by atoms with Crippen LogP contribution in [-0.2, 0) is 4.74 Å². The minimum absolute atomic E-state index is 0.0231. The van der Waals surface area contributed by atoms with Crippen molar-refractivity contribution in [1.29, 1.82) is 0 Å². The number of hydrogen-bond donors (Lipinski definition) is 0. The number of amides is 2. The number of carbonyl (C=O) groups excluding carboxylic acids is 2. The summed E-state index contributed by atoms with van der Waals surface area (Å²) in [6, 6.07) is -0.175. The fourth-order valence-electron chi connectivity index (χ4n) is 2.64. The summed E-state index contributed by atoms with van der Waals surface area (Å²) in [6.07, 6.45) is 1.26. The normalized spacial score (nSPS) is 22.6. The largest absolute Gasteiger partial charge is 0.444 e. The van der Waals surface area contributed by atoms with Crippen LogP contribution in [0.4, 0.5) is 4.79 Å². The Morgan fingerprint density at radius 3 is 2.32 bits per heavy atom. The van der Waals surface area contributed by atoms with E-state index in [4.69, 9.17) is 4.74 Å². The molecule has 1 aromatic rings. The van der Waals surface area contributed by atoms with Gasteiger partial charge in [0.05, 0.1) is 23.8 Å². The van der Waals surface area contributed by atoms with Gasteiger partial charge >= 0.3 is 6.09 Å². The van der Waals surface area contributed by atoms with Crippen LogP contribution < -0.4 is 0 Å². The molecule has 0 unspecified atom stereocenters. The highest BCUT2D eigenvalue weighted by Gasteiger charge is 2.37. The molecule has 0 aliphatic carbocycles. The summed E-state index contributed by atoms with van der Waals surface area (Å²) in [6.45, 7) is 10.4. The first-order valence-corrected chi connectivity index (χ1v) is 8.26. The zero-order valence-electron chi connectivity index (χ0n) is 13.7. The quantitative estimate of drug-likeness (QED) is 0.796. The number of piperazine rings is 1. The second kappa shape index (κ2) is 6.24. The molecule has 2 rings (SSSR count). The van der Waals surface area contributed by atoms with Crippen LogP contribution in [0.3, 0.4) is 0 Å². The van der Waals surface area contributed by atoms with Crippen molar-refractivity contribution in [1.82, 2.24) is 14.8 Å². The van der Waals surface area contributed by atoms with E-state index in [9.17, 15) is 9.59 Å². The number of nitrogens with zero attached hydrogens (tertiary/aromatic N) is 3. The van der Waals surface area contributed by atoms with Crippen LogP contribution in [0.25, 0.3) is 0 Å². The van der Waals surface area contributed by atoms with Crippen molar-refractivity contribution in [3.05, 3.63) is 16.6 Å². The van der Waals surface area contributed by atoms with Gasteiger partial charge in [0.2, 0.25) is 0 Å². The van der Waals surface area contributed by atoms with Crippen LogP contribution in [0.5, 0.6) is 0 Å². The Morgan fingerprint density at radius 1 is 1.27 bits per heavy atom. The highest BCUT2D eigenvalue weighted by atomic mass is 32.1. The summed E-state index contributed by atoms with van der Waals surface area (Å²) in [5.74, 6) is -0.0231. The van der Waals surface area contributed by atoms with E-state index in [0.29, 0.717) is 18.0 Å². The van der Waals surface area contributed by atoms with Crippen LogP contribution >= 0.6 is 11.3 Å². The number of hydrogen-bond acceptors (Lipinski definition) is 5. The lowest BCUT2D eigenvalue weighted by Gasteiger charge is -2.44. The summed E-state index contributed by atoms with van der Waals surface area (Å²) in [5, 5.41) is 0. The first-order chi connectivity index (χ1) is 10.2. The van der Waals surface area contributed by atoms with Gasteiger partial charge in [-0.15, -0.1) is 11.3 Å². The van der Waals surface area contributed by atoms with Gasteiger partial charge in [-0.05, 0) is 34.6 Å². The van der Waals surface area contributed by atoms with Gasteiger partial charge in [0.1, 0.15) is 10.5 Å². The molecular formula is C15H23N3O3S. The fraction of sp³-hybridized carbons (Fsp3) is 0.667. The monoisotopic (exact) mass is 325 g/mol. The van der Waals surface area contributed by atoms with Crippen LogP contribution in [-0.4, -0.2) is 57.6 Å². The van der Waals surface area contributed by atoms with E-state index < -0.39 is 5.60 Å². The molecule has 0 bridgehead atoms. The minimum Gasteiger partial charge on any atom is -0.444 e. The molecule has 0 aromatic carbocycles. The highest BCUT2D eigenvalue weighted by molar-refractivity contribution is 7.11. The van der Waals surface area contributed by atoms with Crippen molar-refractivity contribution in [2.24, 2.45) is 0 Å². The SMILES string of the molecule is C[C@@H]1CN(C(=O)c2cncs2)C[C@@H](C)N1C(=O)OC(C)(C)C. The predicted molar refractivity (Wildman–Crippen MR) is 85.0 cm³/mol. The number of rotatable bonds is 1. The van der Waals surface area contributed by atoms with Crippen molar-refractivity contribution in [2.75, 3.05) is 13.1 Å². The Morgan fingerprint density at radius 2 is 1.86 bits per heavy atom. The first kappa shape index (κ1) is 16.7. The maximum atomic E-state index is 12.4. The van der Waals surface area contributed by atoms with E-state index in [2.05, 4.69) is 4.98 Å². The van der Waals surface area contributed by atoms with Crippen molar-refractivity contribution >= 4 is 23.3 Å². The topological polar surface area (TPSA) is 62.7 Å². The molecule has 0 N–H and O–H groups in total. The van der Waals surface area contributed by atoms with Gasteiger partial charge in [-0.25, -0.2) is 4.79 Å². The third kappa shape index (κ3) is 3.76. The molecule has 0 spiro atoms. The summed E-state index contributed by atoms with van der Waals surface area (Å²) >= 11 is 1.33. The standard InChI is InChI=1S/C15H23N3O3S/c1-10-7-17(13(19)12-6-16-9-22-12)8-11(2)18(10)14(20)21-15(3,4)5/h6,9-11H,7-8H2,1-5H3/t10-,11-/m1/s1. The van der Waals surface area contributed by atoms with Gasteiger partial charge in [0.25, 0.3) is 5.91 Å². The van der Waals surface area contributed by atoms with Gasteiger partial charge in [0.15, 0.2) is 0 Å². The smallest absolute Gasteiger partial charge is 0.410 e. The Kier molecular flexibility index (Phi) is 4.75. The second-order valence-corrected chi connectivity index (χ2v) is 7.55. The van der Waals surface area contributed by atoms with E-state index in [1.165, 1.54) is 11.3 Å². The molecule has 2 heterocycles. The molecule has 6 nitrogen and oxygen atoms in total. The summed E-state index contributed by atoms with van der Waals surface area (Å²) in [7, 11) is 0. The molecule has 1 saturated heterocycles. The zero-order valence-corrected chi connectivity index (χ0v) is 14.5. The maximum Gasteiger partial charge on any atom is 0.410 e. The Hall–Kier alpha value is -1.63. The van der Waals surface area contributed by atoms with Crippen LogP contribution in [0.1, 0.15) is 44.3 Å². The van der Waals surface area contributed by atoms with Crippen molar-refractivity contribution < 1.29 is 14.3 Å². The molecule has 1 aromatic heterocycles. The average molecular weight is 325 g/mol. The van der Waals surface area contributed by atoms with E-state index in [1.54, 1.807) is 21.5 Å². The average Bonchev–Trinajstić information content (AvgIpc) is 2.88. The Balaban J connectivity index is 2.06. The van der Waals surface area contributed by atoms with Gasteiger partial charge in [-0.3, -0.25) is 14.7 Å². The molecule has 1 aliphatic heterocycles. The first-order valence-electron chi connectivity index (χ1n) is 7.38. The van der Waals surface area contributed by atoms with Crippen molar-refractivity contribution in [3.8, 4) is 0 Å². The molecule has 2 amide bonds. The molecule has 0 saturated carbocycles. The summed E-state index contributed by atoms with van der Waals surface area (Å²) in [5.41, 5.74) is 1.13. The van der Waals surface area contributed by atoms with Crippen LogP contribution in [0.15, 0.2) is 11.7 Å². The lowest BCUT2D eigenvalue weighted by atomic mass is 10.1. The van der Waals surface area contributed by atoms with Crippen LogP contribution in [0.2, 0.25) is 0 Å². The number of aromatic nitrogens is 1. The summed E-state index contributed by atoms with van der Waals surface area (Å²) < 4.78 is 5.46. The Bertz CT molecular complexity index is 527. The van der Waals surface area contributed by atoms with E-state index in [0.717, 1.165) is 0 Å². The molecule has 1 fully saturated rings. The van der Waals surface area contributed by atoms with E-state index in [-0.39, 0.29) is 24.1 Å². The molecule has 22 heavy (non-hydrogen) atoms. The lowest BCUT2D eigenvalue weighted by Crippen LogP contribution is -2.60. The number of thiazole rings is 1.